The fourth-order valence-electron chi connectivity index (χ4n) is 9.72. The number of pyridine rings is 1. The zero-order valence-corrected chi connectivity index (χ0v) is 34.8. The summed E-state index contributed by atoms with van der Waals surface area (Å²) in [5.41, 5.74) is 3.10. The van der Waals surface area contributed by atoms with Crippen molar-refractivity contribution < 1.29 is 18.3 Å². The molecule has 2 aromatic carbocycles. The minimum absolute atomic E-state index is 0.101. The first kappa shape index (κ1) is 38.2. The molecule has 0 radical (unpaired) electrons. The third-order valence-electron chi connectivity index (χ3n) is 12.6. The van der Waals surface area contributed by atoms with Crippen LogP contribution in [-0.4, -0.2) is 121 Å². The van der Waals surface area contributed by atoms with E-state index in [9.17, 15) is 10.1 Å². The molecule has 7 aromatic rings. The Morgan fingerprint density at radius 1 is 0.984 bits per heavy atom. The first-order valence-corrected chi connectivity index (χ1v) is 21.4. The lowest BCUT2D eigenvalue weighted by Gasteiger charge is -2.56. The number of nitrogens with one attached hydrogen (secondary N) is 1. The number of anilines is 4. The van der Waals surface area contributed by atoms with Crippen molar-refractivity contribution in [3.8, 4) is 23.0 Å². The zero-order valence-electron chi connectivity index (χ0n) is 34.0. The molecular formula is C43H40F2N14O2S. The summed E-state index contributed by atoms with van der Waals surface area (Å²) in [4.78, 5) is 47.8. The van der Waals surface area contributed by atoms with Crippen molar-refractivity contribution >= 4 is 62.0 Å². The Balaban J connectivity index is 1.03. The molecule has 19 heteroatoms. The first-order valence-electron chi connectivity index (χ1n) is 20.5. The molecule has 5 atom stereocenters. The van der Waals surface area contributed by atoms with E-state index < -0.39 is 23.8 Å². The van der Waals surface area contributed by atoms with E-state index in [4.69, 9.17) is 24.7 Å². The van der Waals surface area contributed by atoms with Gasteiger partial charge in [-0.2, -0.15) is 20.3 Å². The highest BCUT2D eigenvalue weighted by molar-refractivity contribution is 7.13. The van der Waals surface area contributed by atoms with Gasteiger partial charge in [-0.05, 0) is 56.2 Å². The molecule has 12 rings (SSSR count). The Hall–Kier alpha value is -6.78. The highest BCUT2D eigenvalue weighted by atomic mass is 32.1. The standard InChI is InChI=1S/C43H40F2N14O2S/c1-23-49-34-13-25(44)12-30-33-5-4-6-37(51-33)50-26-14-36(41(60)54(2)21-29(61-3)22-56(23)38(30)34)57(18-26)39-31-17-48-59(35-8-7-24(16-46)11-32(35)45)40(31)53-42(52-39)58-27-15-28(58)20-55(19-27)43-47-9-10-62-43/h4-13,17,26-29,36H,14-15,18-22H2,1-3H3,(H,50,51)/t26-,27?,28?,29-,36-/m0/s1. The quantitative estimate of drug-likeness (QED) is 0.242. The van der Waals surface area contributed by atoms with Gasteiger partial charge in [0.05, 0.1) is 64.7 Å². The summed E-state index contributed by atoms with van der Waals surface area (Å²) in [5, 5.41) is 21.2. The molecule has 1 amide bonds. The largest absolute Gasteiger partial charge is 0.378 e. The van der Waals surface area contributed by atoms with Crippen LogP contribution in [0, 0.1) is 29.9 Å². The number of ether oxygens (including phenoxy) is 1. The van der Waals surface area contributed by atoms with Gasteiger partial charge in [-0.25, -0.2) is 28.4 Å². The lowest BCUT2D eigenvalue weighted by Crippen LogP contribution is -2.69. The predicted octanol–water partition coefficient (Wildman–Crippen LogP) is 5.16. The van der Waals surface area contributed by atoms with E-state index in [1.54, 1.807) is 42.7 Å². The third-order valence-corrected chi connectivity index (χ3v) is 13.5. The number of imidazole rings is 1. The second kappa shape index (κ2) is 14.7. The van der Waals surface area contributed by atoms with E-state index in [0.717, 1.165) is 30.2 Å². The second-order valence-electron chi connectivity index (χ2n) is 16.4. The maximum Gasteiger partial charge on any atom is 0.245 e. The summed E-state index contributed by atoms with van der Waals surface area (Å²) in [5.74, 6) is 1.02. The number of amides is 1. The molecule has 16 nitrogen and oxygen atoms in total. The SMILES string of the molecule is CO[C@H]1CN(C)C(=O)[C@@H]2C[C@@H](CN2c2nc(N3C4CC3CN(c3nccs3)C4)nc3c2cnn3-c2ccc(C#N)cc2F)Nc2cccc(n2)-c2cc(F)cc3nc(C)n(c23)C1. The maximum atomic E-state index is 15.8. The first-order chi connectivity index (χ1) is 30.1. The molecule has 2 unspecified atom stereocenters. The Bertz CT molecular complexity index is 2940. The molecule has 0 saturated carbocycles. The molecule has 5 aliphatic rings. The van der Waals surface area contributed by atoms with Crippen LogP contribution < -0.4 is 20.0 Å². The Kier molecular flexibility index (Phi) is 9.05. The van der Waals surface area contributed by atoms with Gasteiger partial charge in [0.2, 0.25) is 11.9 Å². The number of benzene rings is 2. The van der Waals surface area contributed by atoms with Gasteiger partial charge in [0, 0.05) is 69.6 Å². The summed E-state index contributed by atoms with van der Waals surface area (Å²) in [6.07, 6.45) is 4.34. The van der Waals surface area contributed by atoms with Crippen LogP contribution in [0.5, 0.6) is 0 Å². The van der Waals surface area contributed by atoms with E-state index in [0.29, 0.717) is 70.7 Å². The zero-order chi connectivity index (χ0) is 42.4. The summed E-state index contributed by atoms with van der Waals surface area (Å²) in [6.45, 7) is 4.31. The van der Waals surface area contributed by atoms with Gasteiger partial charge in [0.1, 0.15) is 40.8 Å². The number of aryl methyl sites for hydroxylation is 1. The number of methoxy groups -OCH3 is 1. The molecule has 62 heavy (non-hydrogen) atoms. The van der Waals surface area contributed by atoms with Crippen LogP contribution in [-0.2, 0) is 16.1 Å². The molecule has 1 N–H and O–H groups in total. The maximum absolute atomic E-state index is 15.8. The topological polar surface area (TPSA) is 162 Å². The number of thiazole rings is 1. The highest BCUT2D eigenvalue weighted by Crippen LogP contribution is 2.41. The van der Waals surface area contributed by atoms with Crippen molar-refractivity contribution in [3.63, 3.8) is 0 Å². The monoisotopic (exact) mass is 854 g/mol. The van der Waals surface area contributed by atoms with Crippen molar-refractivity contribution in [3.05, 3.63) is 89.3 Å². The fraction of sp³-hybridized carbons (Fsp3) is 0.349. The molecular weight excluding hydrogens is 815 g/mol. The Morgan fingerprint density at radius 2 is 1.84 bits per heavy atom. The lowest BCUT2D eigenvalue weighted by molar-refractivity contribution is -0.132. The van der Waals surface area contributed by atoms with Crippen molar-refractivity contribution in [1.82, 2.24) is 44.2 Å². The number of hydrogen-bond acceptors (Lipinski definition) is 14. The van der Waals surface area contributed by atoms with E-state index in [1.165, 1.54) is 28.9 Å². The summed E-state index contributed by atoms with van der Waals surface area (Å²) in [6, 6.07) is 14.0. The third kappa shape index (κ3) is 6.26. The Morgan fingerprint density at radius 3 is 2.61 bits per heavy atom. The number of halogens is 2. The van der Waals surface area contributed by atoms with Gasteiger partial charge < -0.3 is 34.2 Å². The van der Waals surface area contributed by atoms with Crippen molar-refractivity contribution in [2.45, 2.75) is 56.6 Å². The number of hydrogen-bond donors (Lipinski definition) is 1. The molecule has 5 aliphatic heterocycles. The number of nitriles is 1. The van der Waals surface area contributed by atoms with E-state index >= 15 is 8.78 Å². The Labute approximate surface area is 358 Å². The fourth-order valence-corrected chi connectivity index (χ4v) is 10.4. The number of piperidine rings is 1. The minimum Gasteiger partial charge on any atom is -0.378 e. The van der Waals surface area contributed by atoms with Crippen LogP contribution in [0.3, 0.4) is 0 Å². The number of carbonyl (C=O) groups excluding carboxylic acids is 1. The molecule has 4 saturated heterocycles. The number of piperazine rings is 1. The summed E-state index contributed by atoms with van der Waals surface area (Å²) >= 11 is 1.61. The predicted molar refractivity (Wildman–Crippen MR) is 230 cm³/mol. The van der Waals surface area contributed by atoms with Crippen molar-refractivity contribution in [2.75, 3.05) is 60.4 Å². The van der Waals surface area contributed by atoms with Gasteiger partial charge in [-0.3, -0.25) is 4.79 Å². The minimum atomic E-state index is -0.687. The van der Waals surface area contributed by atoms with E-state index in [2.05, 4.69) is 25.2 Å². The molecule has 4 fully saturated rings. The van der Waals surface area contributed by atoms with Crippen LogP contribution >= 0.6 is 11.3 Å². The number of rotatable bonds is 5. The lowest BCUT2D eigenvalue weighted by atomic mass is 9.88. The van der Waals surface area contributed by atoms with E-state index in [-0.39, 0.29) is 41.8 Å². The molecule has 5 aromatic heterocycles. The van der Waals surface area contributed by atoms with Gasteiger partial charge in [-0.15, -0.1) is 11.3 Å². The highest BCUT2D eigenvalue weighted by Gasteiger charge is 2.48. The van der Waals surface area contributed by atoms with Gasteiger partial charge in [0.25, 0.3) is 0 Å². The van der Waals surface area contributed by atoms with Crippen molar-refractivity contribution in [1.29, 1.82) is 5.26 Å². The van der Waals surface area contributed by atoms with Crippen LogP contribution in [0.2, 0.25) is 0 Å². The van der Waals surface area contributed by atoms with E-state index in [1.807, 2.05) is 52.2 Å². The van der Waals surface area contributed by atoms with Crippen LogP contribution in [0.25, 0.3) is 39.0 Å². The molecule has 10 heterocycles. The van der Waals surface area contributed by atoms with Gasteiger partial charge >= 0.3 is 0 Å². The summed E-state index contributed by atoms with van der Waals surface area (Å²) in [7, 11) is 3.39. The summed E-state index contributed by atoms with van der Waals surface area (Å²) < 4.78 is 40.4. The molecule has 0 aliphatic carbocycles. The van der Waals surface area contributed by atoms with Gasteiger partial charge in [0.15, 0.2) is 10.8 Å². The number of fused-ring (bicyclic) bond motifs is 8. The number of carbonyl (C=O) groups is 1. The van der Waals surface area contributed by atoms with Crippen LogP contribution in [0.15, 0.2) is 66.3 Å². The average molecular weight is 855 g/mol. The van der Waals surface area contributed by atoms with Crippen LogP contribution in [0.4, 0.5) is 31.5 Å². The molecule has 6 bridgehead atoms. The average Bonchev–Trinajstić information content (AvgIpc) is 4.09. The molecule has 0 spiro atoms. The molecule has 314 valence electrons. The smallest absolute Gasteiger partial charge is 0.245 e. The second-order valence-corrected chi connectivity index (χ2v) is 17.3. The normalized spacial score (nSPS) is 22.4. The van der Waals surface area contributed by atoms with Gasteiger partial charge in [-0.1, -0.05) is 6.07 Å². The number of aromatic nitrogens is 8. The number of nitrogens with zero attached hydrogens (tertiary/aromatic N) is 13. The van der Waals surface area contributed by atoms with Crippen molar-refractivity contribution in [2.24, 2.45) is 0 Å². The van der Waals surface area contributed by atoms with Crippen LogP contribution in [0.1, 0.15) is 24.2 Å². The number of likely N-dealkylation sites (N-methyl/N-ethyl adjacent to an activating group) is 1.